The minimum Gasteiger partial charge on any atom is -0.346 e. The minimum absolute atomic E-state index is 0.00466. The van der Waals surface area contributed by atoms with Gasteiger partial charge in [0.1, 0.15) is 0 Å². The summed E-state index contributed by atoms with van der Waals surface area (Å²) in [6.45, 7) is 4.16. The van der Waals surface area contributed by atoms with E-state index in [1.54, 1.807) is 23.1 Å². The monoisotopic (exact) mass is 332 g/mol. The largest absolute Gasteiger partial charge is 0.346 e. The van der Waals surface area contributed by atoms with Crippen molar-refractivity contribution < 1.29 is 14.4 Å². The Morgan fingerprint density at radius 3 is 2.62 bits per heavy atom. The molecule has 1 aromatic rings. The molecule has 0 saturated carbocycles. The third-order valence-electron chi connectivity index (χ3n) is 3.99. The normalized spacial score (nSPS) is 15.5. The molecule has 1 heterocycles. The maximum absolute atomic E-state index is 12.1. The van der Waals surface area contributed by atoms with Crippen LogP contribution in [0.5, 0.6) is 0 Å². The van der Waals surface area contributed by atoms with E-state index in [1.165, 1.54) is 0 Å². The second-order valence-corrected chi connectivity index (χ2v) is 6.20. The highest BCUT2D eigenvalue weighted by Crippen LogP contribution is 2.29. The average Bonchev–Trinajstić information content (AvgIpc) is 2.98. The highest BCUT2D eigenvalue weighted by molar-refractivity contribution is 6.03. The van der Waals surface area contributed by atoms with Gasteiger partial charge >= 0.3 is 0 Å². The second-order valence-electron chi connectivity index (χ2n) is 6.20. The summed E-state index contributed by atoms with van der Waals surface area (Å²) in [5.41, 5.74) is 6.97. The van der Waals surface area contributed by atoms with Gasteiger partial charge < -0.3 is 21.3 Å². The van der Waals surface area contributed by atoms with Gasteiger partial charge in [0, 0.05) is 13.0 Å². The Balaban J connectivity index is 1.97. The van der Waals surface area contributed by atoms with Crippen LogP contribution in [0.25, 0.3) is 0 Å². The highest BCUT2D eigenvalue weighted by atomic mass is 16.2. The summed E-state index contributed by atoms with van der Waals surface area (Å²) < 4.78 is 0. The van der Waals surface area contributed by atoms with Crippen molar-refractivity contribution in [1.29, 1.82) is 0 Å². The van der Waals surface area contributed by atoms with Crippen molar-refractivity contribution in [1.82, 2.24) is 5.32 Å². The summed E-state index contributed by atoms with van der Waals surface area (Å²) in [5, 5.41) is 5.27. The van der Waals surface area contributed by atoms with Crippen molar-refractivity contribution in [3.63, 3.8) is 0 Å². The first-order valence-corrected chi connectivity index (χ1v) is 8.12. The van der Waals surface area contributed by atoms with Gasteiger partial charge in [-0.15, -0.1) is 0 Å². The van der Waals surface area contributed by atoms with E-state index in [4.69, 9.17) is 5.73 Å². The van der Waals surface area contributed by atoms with E-state index in [0.29, 0.717) is 24.3 Å². The van der Waals surface area contributed by atoms with Gasteiger partial charge in [0.25, 0.3) is 0 Å². The standard InChI is InChI=1S/C17H24N4O3/c1-11(2)16(18)17(24)19-10-14(22)20-12-6-3-4-7-13(12)21-9-5-8-15(21)23/h3-4,6-7,11,16H,5,8-10,18H2,1-2H3,(H,19,24)(H,20,22)/t16-/m0/s1. The summed E-state index contributed by atoms with van der Waals surface area (Å²) in [6.07, 6.45) is 1.33. The van der Waals surface area contributed by atoms with E-state index in [1.807, 2.05) is 19.9 Å². The van der Waals surface area contributed by atoms with E-state index in [-0.39, 0.29) is 30.2 Å². The summed E-state index contributed by atoms with van der Waals surface area (Å²) in [4.78, 5) is 37.5. The molecule has 1 saturated heterocycles. The van der Waals surface area contributed by atoms with Crippen LogP contribution in [0.15, 0.2) is 24.3 Å². The van der Waals surface area contributed by atoms with E-state index in [2.05, 4.69) is 10.6 Å². The van der Waals surface area contributed by atoms with Crippen LogP contribution in [0.1, 0.15) is 26.7 Å². The predicted molar refractivity (Wildman–Crippen MR) is 92.5 cm³/mol. The lowest BCUT2D eigenvalue weighted by Crippen LogP contribution is -2.46. The van der Waals surface area contributed by atoms with Gasteiger partial charge in [0.15, 0.2) is 0 Å². The quantitative estimate of drug-likeness (QED) is 0.718. The molecule has 7 nitrogen and oxygen atoms in total. The SMILES string of the molecule is CC(C)[C@H](N)C(=O)NCC(=O)Nc1ccccc1N1CCCC1=O. The van der Waals surface area contributed by atoms with Crippen molar-refractivity contribution in [3.8, 4) is 0 Å². The van der Waals surface area contributed by atoms with Gasteiger partial charge in [-0.1, -0.05) is 26.0 Å². The molecule has 1 atom stereocenters. The molecule has 0 unspecified atom stereocenters. The van der Waals surface area contributed by atoms with Gasteiger partial charge in [0.2, 0.25) is 17.7 Å². The first-order valence-electron chi connectivity index (χ1n) is 8.12. The fraction of sp³-hybridized carbons (Fsp3) is 0.471. The van der Waals surface area contributed by atoms with Crippen LogP contribution < -0.4 is 21.3 Å². The molecule has 1 fully saturated rings. The van der Waals surface area contributed by atoms with Crippen LogP contribution in [-0.4, -0.2) is 36.9 Å². The van der Waals surface area contributed by atoms with Gasteiger partial charge in [0.05, 0.1) is 24.0 Å². The van der Waals surface area contributed by atoms with E-state index >= 15 is 0 Å². The maximum Gasteiger partial charge on any atom is 0.243 e. The van der Waals surface area contributed by atoms with Crippen molar-refractivity contribution in [2.45, 2.75) is 32.7 Å². The predicted octanol–water partition coefficient (Wildman–Crippen LogP) is 0.851. The molecule has 1 aliphatic heterocycles. The molecule has 3 amide bonds. The van der Waals surface area contributed by atoms with Crippen LogP contribution >= 0.6 is 0 Å². The molecule has 0 spiro atoms. The number of benzene rings is 1. The number of rotatable bonds is 6. The lowest BCUT2D eigenvalue weighted by atomic mass is 10.1. The summed E-state index contributed by atoms with van der Waals surface area (Å²) in [5.74, 6) is -0.676. The van der Waals surface area contributed by atoms with Crippen LogP contribution in [0.2, 0.25) is 0 Å². The number of para-hydroxylation sites is 2. The Hall–Kier alpha value is -2.41. The molecule has 2 rings (SSSR count). The Kier molecular flexibility index (Phi) is 5.92. The fourth-order valence-electron chi connectivity index (χ4n) is 2.50. The molecule has 7 heteroatoms. The summed E-state index contributed by atoms with van der Waals surface area (Å²) in [6, 6.07) is 6.49. The fourth-order valence-corrected chi connectivity index (χ4v) is 2.50. The Bertz CT molecular complexity index is 630. The molecular formula is C17H24N4O3. The molecule has 1 aromatic carbocycles. The van der Waals surface area contributed by atoms with Crippen molar-refractivity contribution >= 4 is 29.1 Å². The lowest BCUT2D eigenvalue weighted by molar-refractivity contribution is -0.125. The van der Waals surface area contributed by atoms with Crippen molar-refractivity contribution in [2.24, 2.45) is 11.7 Å². The molecule has 1 aliphatic rings. The average molecular weight is 332 g/mol. The first-order chi connectivity index (χ1) is 11.4. The first kappa shape index (κ1) is 17.9. The topological polar surface area (TPSA) is 105 Å². The van der Waals surface area contributed by atoms with Crippen LogP contribution in [0.3, 0.4) is 0 Å². The molecule has 4 N–H and O–H groups in total. The molecule has 130 valence electrons. The summed E-state index contributed by atoms with van der Waals surface area (Å²) in [7, 11) is 0. The zero-order valence-corrected chi connectivity index (χ0v) is 14.0. The van der Waals surface area contributed by atoms with Crippen molar-refractivity contribution in [2.75, 3.05) is 23.3 Å². The number of amides is 3. The van der Waals surface area contributed by atoms with Crippen LogP contribution in [-0.2, 0) is 14.4 Å². The van der Waals surface area contributed by atoms with E-state index < -0.39 is 6.04 Å². The third kappa shape index (κ3) is 4.32. The number of hydrogen-bond donors (Lipinski definition) is 3. The molecule has 0 bridgehead atoms. The molecule has 24 heavy (non-hydrogen) atoms. The van der Waals surface area contributed by atoms with Crippen LogP contribution in [0, 0.1) is 5.92 Å². The Morgan fingerprint density at radius 1 is 1.29 bits per heavy atom. The lowest BCUT2D eigenvalue weighted by Gasteiger charge is -2.20. The number of carbonyl (C=O) groups is 3. The van der Waals surface area contributed by atoms with Crippen LogP contribution in [0.4, 0.5) is 11.4 Å². The number of nitrogens with one attached hydrogen (secondary N) is 2. The van der Waals surface area contributed by atoms with Crippen molar-refractivity contribution in [3.05, 3.63) is 24.3 Å². The van der Waals surface area contributed by atoms with Gasteiger partial charge in [-0.05, 0) is 24.5 Å². The second kappa shape index (κ2) is 7.92. The minimum atomic E-state index is -0.646. The zero-order chi connectivity index (χ0) is 17.7. The molecule has 0 radical (unpaired) electrons. The third-order valence-corrected chi connectivity index (χ3v) is 3.99. The van der Waals surface area contributed by atoms with E-state index in [9.17, 15) is 14.4 Å². The van der Waals surface area contributed by atoms with Gasteiger partial charge in [-0.3, -0.25) is 14.4 Å². The smallest absolute Gasteiger partial charge is 0.243 e. The number of nitrogens with zero attached hydrogens (tertiary/aromatic N) is 1. The molecular weight excluding hydrogens is 308 g/mol. The Labute approximate surface area is 141 Å². The molecule has 0 aromatic heterocycles. The number of nitrogens with two attached hydrogens (primary N) is 1. The number of carbonyl (C=O) groups excluding carboxylic acids is 3. The van der Waals surface area contributed by atoms with Gasteiger partial charge in [-0.25, -0.2) is 0 Å². The summed E-state index contributed by atoms with van der Waals surface area (Å²) >= 11 is 0. The Morgan fingerprint density at radius 2 is 2.00 bits per heavy atom. The van der Waals surface area contributed by atoms with Gasteiger partial charge in [-0.2, -0.15) is 0 Å². The highest BCUT2D eigenvalue weighted by Gasteiger charge is 2.24. The maximum atomic E-state index is 12.1. The number of hydrogen-bond acceptors (Lipinski definition) is 4. The molecule has 0 aliphatic carbocycles. The van der Waals surface area contributed by atoms with E-state index in [0.717, 1.165) is 6.42 Å². The number of anilines is 2. The zero-order valence-electron chi connectivity index (χ0n) is 14.0.